The summed E-state index contributed by atoms with van der Waals surface area (Å²) in [6.07, 6.45) is 0. The van der Waals surface area contributed by atoms with Gasteiger partial charge in [0.25, 0.3) is 5.91 Å². The van der Waals surface area contributed by atoms with Gasteiger partial charge in [-0.1, -0.05) is 12.1 Å². The first-order valence-electron chi connectivity index (χ1n) is 5.52. The minimum atomic E-state index is 0.0810. The molecule has 0 fully saturated rings. The van der Waals surface area contributed by atoms with E-state index in [4.69, 9.17) is 0 Å². The van der Waals surface area contributed by atoms with Gasteiger partial charge in [0.1, 0.15) is 0 Å². The summed E-state index contributed by atoms with van der Waals surface area (Å²) in [5.74, 6) is 0.0810. The van der Waals surface area contributed by atoms with E-state index in [1.165, 1.54) is 0 Å². The molecule has 0 saturated carbocycles. The Balaban J connectivity index is 3.05. The van der Waals surface area contributed by atoms with Crippen molar-refractivity contribution >= 4 is 21.8 Å². The molecule has 2 nitrogen and oxygen atoms in total. The molecule has 0 aliphatic heterocycles. The Morgan fingerprint density at radius 3 is 2.06 bits per heavy atom. The Labute approximate surface area is 106 Å². The molecule has 0 aliphatic carbocycles. The summed E-state index contributed by atoms with van der Waals surface area (Å²) < 4.78 is 0.853. The highest BCUT2D eigenvalue weighted by Gasteiger charge is 2.22. The first-order chi connectivity index (χ1) is 7.45. The van der Waals surface area contributed by atoms with Crippen molar-refractivity contribution in [1.82, 2.24) is 4.90 Å². The number of rotatable bonds is 3. The number of hydrogen-bond acceptors (Lipinski definition) is 1. The van der Waals surface area contributed by atoms with E-state index < -0.39 is 0 Å². The zero-order chi connectivity index (χ0) is 12.3. The molecule has 0 bridgehead atoms. The van der Waals surface area contributed by atoms with Crippen LogP contribution in [0.3, 0.4) is 0 Å². The van der Waals surface area contributed by atoms with Gasteiger partial charge < -0.3 is 4.90 Å². The highest BCUT2D eigenvalue weighted by Crippen LogP contribution is 2.20. The van der Waals surface area contributed by atoms with Gasteiger partial charge >= 0.3 is 0 Å². The zero-order valence-electron chi connectivity index (χ0n) is 10.2. The molecule has 0 aliphatic rings. The lowest BCUT2D eigenvalue weighted by Crippen LogP contribution is -2.42. The normalized spacial score (nSPS) is 10.9. The molecule has 0 N–H and O–H groups in total. The number of amides is 1. The molecule has 0 saturated heterocycles. The van der Waals surface area contributed by atoms with Crippen LogP contribution in [-0.2, 0) is 0 Å². The van der Waals surface area contributed by atoms with Gasteiger partial charge in [-0.3, -0.25) is 4.79 Å². The van der Waals surface area contributed by atoms with Gasteiger partial charge in [-0.05, 0) is 55.8 Å². The van der Waals surface area contributed by atoms with E-state index in [1.807, 2.05) is 56.9 Å². The van der Waals surface area contributed by atoms with Gasteiger partial charge in [0.2, 0.25) is 0 Å². The first kappa shape index (κ1) is 13.2. The molecule has 0 radical (unpaired) electrons. The van der Waals surface area contributed by atoms with Gasteiger partial charge in [0.15, 0.2) is 0 Å². The van der Waals surface area contributed by atoms with Crippen molar-refractivity contribution in [3.8, 4) is 0 Å². The number of benzene rings is 1. The Kier molecular flexibility index (Phi) is 4.54. The quantitative estimate of drug-likeness (QED) is 0.828. The Bertz CT molecular complexity index is 366. The third-order valence-electron chi connectivity index (χ3n) is 2.45. The maximum Gasteiger partial charge on any atom is 0.255 e. The second-order valence-electron chi connectivity index (χ2n) is 4.38. The monoisotopic (exact) mass is 283 g/mol. The van der Waals surface area contributed by atoms with Crippen molar-refractivity contribution < 1.29 is 4.79 Å². The molecule has 88 valence electrons. The molecular weight excluding hydrogens is 266 g/mol. The van der Waals surface area contributed by atoms with Crippen LogP contribution in [-0.4, -0.2) is 22.9 Å². The molecule has 0 heterocycles. The van der Waals surface area contributed by atoms with Crippen LogP contribution in [0.4, 0.5) is 0 Å². The predicted molar refractivity (Wildman–Crippen MR) is 70.6 cm³/mol. The minimum Gasteiger partial charge on any atom is -0.334 e. The van der Waals surface area contributed by atoms with Crippen LogP contribution in [0.15, 0.2) is 28.7 Å². The lowest BCUT2D eigenvalue weighted by molar-refractivity contribution is 0.0643. The van der Waals surface area contributed by atoms with Gasteiger partial charge in [-0.25, -0.2) is 0 Å². The van der Waals surface area contributed by atoms with Crippen molar-refractivity contribution in [3.05, 3.63) is 34.3 Å². The van der Waals surface area contributed by atoms with Crippen LogP contribution >= 0.6 is 15.9 Å². The molecule has 0 spiro atoms. The average molecular weight is 284 g/mol. The van der Waals surface area contributed by atoms with Crippen molar-refractivity contribution in [1.29, 1.82) is 0 Å². The summed E-state index contributed by atoms with van der Waals surface area (Å²) in [5, 5.41) is 0. The average Bonchev–Trinajstić information content (AvgIpc) is 2.16. The van der Waals surface area contributed by atoms with E-state index in [9.17, 15) is 4.79 Å². The summed E-state index contributed by atoms with van der Waals surface area (Å²) in [7, 11) is 0. The van der Waals surface area contributed by atoms with Crippen LogP contribution in [0.25, 0.3) is 0 Å². The topological polar surface area (TPSA) is 20.3 Å². The van der Waals surface area contributed by atoms with E-state index in [2.05, 4.69) is 15.9 Å². The summed E-state index contributed by atoms with van der Waals surface area (Å²) in [6.45, 7) is 8.15. The van der Waals surface area contributed by atoms with Crippen LogP contribution in [0.5, 0.6) is 0 Å². The Hall–Kier alpha value is -0.830. The minimum absolute atomic E-state index is 0.0810. The molecule has 0 unspecified atom stereocenters. The smallest absolute Gasteiger partial charge is 0.255 e. The molecule has 3 heteroatoms. The van der Waals surface area contributed by atoms with Gasteiger partial charge in [-0.15, -0.1) is 0 Å². The number of nitrogens with zero attached hydrogens (tertiary/aromatic N) is 1. The van der Waals surface area contributed by atoms with Crippen molar-refractivity contribution in [2.45, 2.75) is 39.8 Å². The van der Waals surface area contributed by atoms with Crippen molar-refractivity contribution in [2.75, 3.05) is 0 Å². The third kappa shape index (κ3) is 2.85. The Morgan fingerprint density at radius 2 is 1.62 bits per heavy atom. The summed E-state index contributed by atoms with van der Waals surface area (Å²) in [5.41, 5.74) is 0.727. The summed E-state index contributed by atoms with van der Waals surface area (Å²) in [4.78, 5) is 14.2. The predicted octanol–water partition coefficient (Wildman–Crippen LogP) is 3.71. The molecule has 0 aromatic heterocycles. The Morgan fingerprint density at radius 1 is 1.12 bits per heavy atom. The molecular formula is C13H18BrNO. The van der Waals surface area contributed by atoms with Gasteiger partial charge in [0.05, 0.1) is 5.56 Å². The van der Waals surface area contributed by atoms with Crippen LogP contribution in [0.2, 0.25) is 0 Å². The maximum atomic E-state index is 12.3. The van der Waals surface area contributed by atoms with Crippen molar-refractivity contribution in [2.24, 2.45) is 0 Å². The van der Waals surface area contributed by atoms with E-state index in [0.29, 0.717) is 0 Å². The second kappa shape index (κ2) is 5.48. The van der Waals surface area contributed by atoms with E-state index >= 15 is 0 Å². The summed E-state index contributed by atoms with van der Waals surface area (Å²) >= 11 is 3.42. The molecule has 1 aromatic rings. The number of carbonyl (C=O) groups excluding carboxylic acids is 1. The van der Waals surface area contributed by atoms with Gasteiger partial charge in [-0.2, -0.15) is 0 Å². The van der Waals surface area contributed by atoms with Crippen LogP contribution < -0.4 is 0 Å². The van der Waals surface area contributed by atoms with E-state index in [-0.39, 0.29) is 18.0 Å². The SMILES string of the molecule is CC(C)N(C(=O)c1ccccc1Br)C(C)C. The van der Waals surface area contributed by atoms with Crippen LogP contribution in [0.1, 0.15) is 38.1 Å². The largest absolute Gasteiger partial charge is 0.334 e. The lowest BCUT2D eigenvalue weighted by atomic mass is 10.1. The number of carbonyl (C=O) groups is 1. The second-order valence-corrected chi connectivity index (χ2v) is 5.23. The lowest BCUT2D eigenvalue weighted by Gasteiger charge is -2.31. The standard InChI is InChI=1S/C13H18BrNO/c1-9(2)15(10(3)4)13(16)11-7-5-6-8-12(11)14/h5-10H,1-4H3. The fourth-order valence-electron chi connectivity index (χ4n) is 1.84. The van der Waals surface area contributed by atoms with E-state index in [1.54, 1.807) is 0 Å². The van der Waals surface area contributed by atoms with E-state index in [0.717, 1.165) is 10.0 Å². The number of hydrogen-bond donors (Lipinski definition) is 0. The zero-order valence-corrected chi connectivity index (χ0v) is 11.8. The molecule has 1 rings (SSSR count). The highest BCUT2D eigenvalue weighted by atomic mass is 79.9. The molecule has 16 heavy (non-hydrogen) atoms. The first-order valence-corrected chi connectivity index (χ1v) is 6.31. The molecule has 1 amide bonds. The fourth-order valence-corrected chi connectivity index (χ4v) is 2.29. The van der Waals surface area contributed by atoms with Crippen LogP contribution in [0, 0.1) is 0 Å². The van der Waals surface area contributed by atoms with Gasteiger partial charge in [0, 0.05) is 16.6 Å². The van der Waals surface area contributed by atoms with Crippen molar-refractivity contribution in [3.63, 3.8) is 0 Å². The maximum absolute atomic E-state index is 12.3. The third-order valence-corrected chi connectivity index (χ3v) is 3.14. The molecule has 0 atom stereocenters. The molecule has 1 aromatic carbocycles. The summed E-state index contributed by atoms with van der Waals surface area (Å²) in [6, 6.07) is 7.96. The highest BCUT2D eigenvalue weighted by molar-refractivity contribution is 9.10. The fraction of sp³-hybridized carbons (Fsp3) is 0.462. The number of halogens is 1.